The van der Waals surface area contributed by atoms with Crippen LogP contribution in [-0.4, -0.2) is 17.7 Å². The number of anilines is 1. The molecule has 6 nitrogen and oxygen atoms in total. The van der Waals surface area contributed by atoms with Gasteiger partial charge in [0.15, 0.2) is 11.2 Å². The number of cyclic esters (lactones) is 2. The molecule has 1 fully saturated rings. The normalized spacial score (nSPS) is 17.3. The second-order valence-corrected chi connectivity index (χ2v) is 5.03. The highest BCUT2D eigenvalue weighted by Gasteiger charge is 2.38. The van der Waals surface area contributed by atoms with Gasteiger partial charge in [-0.2, -0.15) is 0 Å². The van der Waals surface area contributed by atoms with Gasteiger partial charge in [-0.25, -0.2) is 9.59 Å². The molecule has 108 valence electrons. The summed E-state index contributed by atoms with van der Waals surface area (Å²) in [6.07, 6.45) is 2.83. The molecular formula is C15H13NO5. The number of fused-ring (bicyclic) bond motifs is 1. The number of para-hydroxylation sites is 1. The van der Waals surface area contributed by atoms with E-state index in [1.807, 2.05) is 18.2 Å². The molecule has 1 N–H and O–H groups in total. The van der Waals surface area contributed by atoms with Crippen molar-refractivity contribution in [1.29, 1.82) is 0 Å². The van der Waals surface area contributed by atoms with Gasteiger partial charge in [0, 0.05) is 25.4 Å². The summed E-state index contributed by atoms with van der Waals surface area (Å²) in [5, 5.41) is 3.78. The average Bonchev–Trinajstić information content (AvgIpc) is 2.85. The van der Waals surface area contributed by atoms with Crippen LogP contribution in [0.2, 0.25) is 0 Å². The Balaban J connectivity index is 1.88. The molecule has 0 bridgehead atoms. The van der Waals surface area contributed by atoms with Crippen LogP contribution in [0.15, 0.2) is 46.7 Å². The predicted molar refractivity (Wildman–Crippen MR) is 74.2 cm³/mol. The maximum atomic E-state index is 11.8. The number of hydrogen-bond donors (Lipinski definition) is 1. The van der Waals surface area contributed by atoms with Gasteiger partial charge >= 0.3 is 11.9 Å². The molecule has 2 heterocycles. The van der Waals surface area contributed by atoms with Gasteiger partial charge in [-0.3, -0.25) is 0 Å². The van der Waals surface area contributed by atoms with Crippen LogP contribution in [0.5, 0.6) is 0 Å². The van der Waals surface area contributed by atoms with E-state index < -0.39 is 17.7 Å². The van der Waals surface area contributed by atoms with E-state index in [0.717, 1.165) is 5.39 Å². The zero-order chi connectivity index (χ0) is 15.0. The van der Waals surface area contributed by atoms with Crippen LogP contribution in [0.1, 0.15) is 13.8 Å². The minimum absolute atomic E-state index is 0.196. The number of rotatable bonds is 2. The molecule has 1 saturated heterocycles. The summed E-state index contributed by atoms with van der Waals surface area (Å²) in [4.78, 5) is 23.6. The van der Waals surface area contributed by atoms with E-state index in [9.17, 15) is 9.59 Å². The van der Waals surface area contributed by atoms with Gasteiger partial charge in [0.05, 0.1) is 12.0 Å². The van der Waals surface area contributed by atoms with Crippen LogP contribution < -0.4 is 5.32 Å². The van der Waals surface area contributed by atoms with Gasteiger partial charge in [-0.15, -0.1) is 0 Å². The first-order chi connectivity index (χ1) is 9.96. The smallest absolute Gasteiger partial charge is 0.350 e. The molecule has 0 amide bonds. The maximum Gasteiger partial charge on any atom is 0.350 e. The SMILES string of the molecule is CC1(C)OC(=O)C(=CNc2cccc3ccoc23)C(=O)O1. The van der Waals surface area contributed by atoms with E-state index in [2.05, 4.69) is 5.32 Å². The number of nitrogens with one attached hydrogen (secondary N) is 1. The zero-order valence-electron chi connectivity index (χ0n) is 11.5. The third kappa shape index (κ3) is 2.47. The first-order valence-corrected chi connectivity index (χ1v) is 6.36. The van der Waals surface area contributed by atoms with E-state index >= 15 is 0 Å². The highest BCUT2D eigenvalue weighted by atomic mass is 16.7. The first kappa shape index (κ1) is 13.2. The molecule has 1 aromatic heterocycles. The maximum absolute atomic E-state index is 11.8. The van der Waals surface area contributed by atoms with E-state index in [0.29, 0.717) is 11.3 Å². The number of carbonyl (C=O) groups is 2. The van der Waals surface area contributed by atoms with Crippen LogP contribution in [0.3, 0.4) is 0 Å². The third-order valence-electron chi connectivity index (χ3n) is 2.97. The Labute approximate surface area is 120 Å². The summed E-state index contributed by atoms with van der Waals surface area (Å²) in [6.45, 7) is 2.99. The Morgan fingerprint density at radius 1 is 1.10 bits per heavy atom. The number of benzene rings is 1. The monoisotopic (exact) mass is 287 g/mol. The number of furan rings is 1. The molecule has 21 heavy (non-hydrogen) atoms. The molecule has 1 aliphatic rings. The molecule has 0 saturated carbocycles. The van der Waals surface area contributed by atoms with Crippen LogP contribution in [0.25, 0.3) is 11.0 Å². The molecular weight excluding hydrogens is 274 g/mol. The zero-order valence-corrected chi connectivity index (χ0v) is 11.5. The van der Waals surface area contributed by atoms with Gasteiger partial charge in [-0.1, -0.05) is 12.1 Å². The van der Waals surface area contributed by atoms with Crippen LogP contribution in [0, 0.1) is 0 Å². The molecule has 1 aromatic carbocycles. The molecule has 6 heteroatoms. The minimum atomic E-state index is -1.24. The molecule has 0 spiro atoms. The standard InChI is InChI=1S/C15H13NO5/c1-15(2)20-13(17)10(14(18)21-15)8-16-11-5-3-4-9-6-7-19-12(9)11/h3-8,16H,1-2H3. The molecule has 0 atom stereocenters. The molecule has 0 unspecified atom stereocenters. The quantitative estimate of drug-likeness (QED) is 0.519. The van der Waals surface area contributed by atoms with Gasteiger partial charge < -0.3 is 19.2 Å². The van der Waals surface area contributed by atoms with Gasteiger partial charge in [0.1, 0.15) is 0 Å². The van der Waals surface area contributed by atoms with E-state index in [4.69, 9.17) is 13.9 Å². The van der Waals surface area contributed by atoms with Crippen molar-refractivity contribution in [2.45, 2.75) is 19.6 Å². The van der Waals surface area contributed by atoms with Gasteiger partial charge in [0.2, 0.25) is 0 Å². The van der Waals surface area contributed by atoms with Crippen molar-refractivity contribution in [3.8, 4) is 0 Å². The number of hydrogen-bond acceptors (Lipinski definition) is 6. The lowest BCUT2D eigenvalue weighted by atomic mass is 10.2. The Kier molecular flexibility index (Phi) is 2.94. The summed E-state index contributed by atoms with van der Waals surface area (Å²) in [5.41, 5.74) is 1.07. The molecule has 0 radical (unpaired) electrons. The van der Waals surface area contributed by atoms with Crippen molar-refractivity contribution >= 4 is 28.6 Å². The van der Waals surface area contributed by atoms with Gasteiger partial charge in [-0.05, 0) is 12.1 Å². The summed E-state index contributed by atoms with van der Waals surface area (Å²) >= 11 is 0. The lowest BCUT2D eigenvalue weighted by Gasteiger charge is -2.29. The fourth-order valence-electron chi connectivity index (χ4n) is 2.04. The van der Waals surface area contributed by atoms with Crippen molar-refractivity contribution in [3.63, 3.8) is 0 Å². The van der Waals surface area contributed by atoms with Crippen molar-refractivity contribution in [2.75, 3.05) is 5.32 Å². The third-order valence-corrected chi connectivity index (χ3v) is 2.97. The lowest BCUT2D eigenvalue weighted by Crippen LogP contribution is -2.42. The van der Waals surface area contributed by atoms with Crippen LogP contribution in [0.4, 0.5) is 5.69 Å². The topological polar surface area (TPSA) is 77.8 Å². The largest absolute Gasteiger partial charge is 0.462 e. The number of carbonyl (C=O) groups excluding carboxylic acids is 2. The molecule has 3 rings (SSSR count). The molecule has 0 aliphatic carbocycles. The van der Waals surface area contributed by atoms with Crippen LogP contribution in [-0.2, 0) is 19.1 Å². The average molecular weight is 287 g/mol. The summed E-state index contributed by atoms with van der Waals surface area (Å²) < 4.78 is 15.4. The number of esters is 2. The second-order valence-electron chi connectivity index (χ2n) is 5.03. The van der Waals surface area contributed by atoms with E-state index in [-0.39, 0.29) is 5.57 Å². The summed E-state index contributed by atoms with van der Waals surface area (Å²) in [5.74, 6) is -2.70. The second kappa shape index (κ2) is 4.66. The van der Waals surface area contributed by atoms with E-state index in [1.165, 1.54) is 20.0 Å². The summed E-state index contributed by atoms with van der Waals surface area (Å²) in [6, 6.07) is 7.31. The summed E-state index contributed by atoms with van der Waals surface area (Å²) in [7, 11) is 0. The van der Waals surface area contributed by atoms with Crippen molar-refractivity contribution < 1.29 is 23.5 Å². The Morgan fingerprint density at radius 2 is 1.81 bits per heavy atom. The minimum Gasteiger partial charge on any atom is -0.462 e. The fraction of sp³-hybridized carbons (Fsp3) is 0.200. The highest BCUT2D eigenvalue weighted by Crippen LogP contribution is 2.26. The van der Waals surface area contributed by atoms with Crippen molar-refractivity contribution in [3.05, 3.63) is 42.3 Å². The van der Waals surface area contributed by atoms with Gasteiger partial charge in [0.25, 0.3) is 5.79 Å². The lowest BCUT2D eigenvalue weighted by molar-refractivity contribution is -0.222. The first-order valence-electron chi connectivity index (χ1n) is 6.36. The molecule has 1 aliphatic heterocycles. The fourth-order valence-corrected chi connectivity index (χ4v) is 2.04. The predicted octanol–water partition coefficient (Wildman–Crippen LogP) is 2.56. The Bertz CT molecular complexity index is 734. The molecule has 2 aromatic rings. The van der Waals surface area contributed by atoms with Crippen molar-refractivity contribution in [2.24, 2.45) is 0 Å². The van der Waals surface area contributed by atoms with Crippen molar-refractivity contribution in [1.82, 2.24) is 0 Å². The van der Waals surface area contributed by atoms with E-state index in [1.54, 1.807) is 12.3 Å². The highest BCUT2D eigenvalue weighted by molar-refractivity contribution is 6.15. The Morgan fingerprint density at radius 3 is 2.52 bits per heavy atom. The number of ether oxygens (including phenoxy) is 2. The van der Waals surface area contributed by atoms with Crippen LogP contribution >= 0.6 is 0 Å². The Hall–Kier alpha value is -2.76.